The van der Waals surface area contributed by atoms with E-state index >= 15 is 0 Å². The molecule has 1 aromatic heterocycles. The van der Waals surface area contributed by atoms with Crippen molar-refractivity contribution >= 4 is 30.6 Å². The molecule has 0 bridgehead atoms. The predicted octanol–water partition coefficient (Wildman–Crippen LogP) is 2.38. The molecule has 1 heterocycles. The minimum absolute atomic E-state index is 0.0694. The van der Waals surface area contributed by atoms with Crippen molar-refractivity contribution in [3.63, 3.8) is 0 Å². The van der Waals surface area contributed by atoms with Crippen LogP contribution in [0.5, 0.6) is 0 Å². The lowest BCUT2D eigenvalue weighted by Gasteiger charge is -2.01. The number of H-pyrrole nitrogens is 1. The van der Waals surface area contributed by atoms with Crippen LogP contribution in [0.2, 0.25) is 0 Å². The third-order valence-corrected chi connectivity index (χ3v) is 3.06. The maximum atomic E-state index is 13.7. The van der Waals surface area contributed by atoms with Crippen LogP contribution in [0.25, 0.3) is 10.9 Å². The first-order valence-electron chi connectivity index (χ1n) is 4.14. The highest BCUT2D eigenvalue weighted by atomic mass is 35.7. The first-order valence-corrected chi connectivity index (χ1v) is 6.62. The molecule has 6 heteroatoms. The molecule has 0 saturated heterocycles. The number of fused-ring (bicyclic) bond motifs is 1. The van der Waals surface area contributed by atoms with Gasteiger partial charge in [0, 0.05) is 27.8 Å². The number of benzene rings is 1. The van der Waals surface area contributed by atoms with Gasteiger partial charge in [0.25, 0.3) is 0 Å². The highest BCUT2D eigenvalue weighted by Gasteiger charge is 2.14. The number of hydrogen-bond acceptors (Lipinski definition) is 2. The molecular formula is C9H7ClFNO2S. The molecule has 0 amide bonds. The predicted molar refractivity (Wildman–Crippen MR) is 56.7 cm³/mol. The molecule has 1 N–H and O–H groups in total. The van der Waals surface area contributed by atoms with Gasteiger partial charge in [-0.05, 0) is 6.07 Å². The fourth-order valence-electron chi connectivity index (χ4n) is 1.43. The minimum atomic E-state index is -3.73. The number of halogens is 2. The summed E-state index contributed by atoms with van der Waals surface area (Å²) >= 11 is 0. The van der Waals surface area contributed by atoms with E-state index in [1.54, 1.807) is 18.3 Å². The van der Waals surface area contributed by atoms with Crippen LogP contribution in [0.15, 0.2) is 24.4 Å². The van der Waals surface area contributed by atoms with Crippen LogP contribution in [0.3, 0.4) is 0 Å². The van der Waals surface area contributed by atoms with Crippen LogP contribution in [-0.2, 0) is 14.8 Å². The lowest BCUT2D eigenvalue weighted by molar-refractivity contribution is 0.600. The topological polar surface area (TPSA) is 49.9 Å². The van der Waals surface area contributed by atoms with Crippen LogP contribution in [0, 0.1) is 5.82 Å². The second-order valence-electron chi connectivity index (χ2n) is 3.16. The molecule has 0 aliphatic carbocycles. The van der Waals surface area contributed by atoms with E-state index in [2.05, 4.69) is 4.98 Å². The Hall–Kier alpha value is -1.07. The summed E-state index contributed by atoms with van der Waals surface area (Å²) in [4.78, 5) is 2.70. The molecule has 0 fully saturated rings. The molecule has 15 heavy (non-hydrogen) atoms. The summed E-state index contributed by atoms with van der Waals surface area (Å²) in [5.41, 5.74) is 0.368. The average molecular weight is 248 g/mol. The van der Waals surface area contributed by atoms with Gasteiger partial charge < -0.3 is 4.98 Å². The number of hydrogen-bond donors (Lipinski definition) is 1. The van der Waals surface area contributed by atoms with E-state index < -0.39 is 20.6 Å². The Morgan fingerprint density at radius 2 is 2.07 bits per heavy atom. The van der Waals surface area contributed by atoms with Gasteiger partial charge in [-0.3, -0.25) is 0 Å². The lowest BCUT2D eigenvalue weighted by atomic mass is 10.2. The van der Waals surface area contributed by atoms with Gasteiger partial charge in [0.2, 0.25) is 9.05 Å². The molecule has 3 nitrogen and oxygen atoms in total. The van der Waals surface area contributed by atoms with Gasteiger partial charge in [-0.1, -0.05) is 12.1 Å². The lowest BCUT2D eigenvalue weighted by Crippen LogP contribution is -1.98. The Morgan fingerprint density at radius 3 is 2.73 bits per heavy atom. The van der Waals surface area contributed by atoms with Gasteiger partial charge >= 0.3 is 0 Å². The van der Waals surface area contributed by atoms with Crippen molar-refractivity contribution < 1.29 is 12.8 Å². The van der Waals surface area contributed by atoms with E-state index in [4.69, 9.17) is 10.7 Å². The van der Waals surface area contributed by atoms with Crippen molar-refractivity contribution in [2.24, 2.45) is 0 Å². The quantitative estimate of drug-likeness (QED) is 0.829. The molecule has 80 valence electrons. The second-order valence-corrected chi connectivity index (χ2v) is 5.94. The van der Waals surface area contributed by atoms with Crippen LogP contribution in [0.1, 0.15) is 5.56 Å². The highest BCUT2D eigenvalue weighted by Crippen LogP contribution is 2.22. The zero-order valence-corrected chi connectivity index (χ0v) is 9.07. The van der Waals surface area contributed by atoms with Crippen molar-refractivity contribution in [2.75, 3.05) is 0 Å². The molecule has 0 atom stereocenters. The SMILES string of the molecule is O=S(=O)(Cl)Cc1ccc2cc[nH]c2c1F. The third kappa shape index (κ3) is 2.13. The Bertz CT molecular complexity index is 606. The van der Waals surface area contributed by atoms with Crippen molar-refractivity contribution in [3.05, 3.63) is 35.8 Å². The van der Waals surface area contributed by atoms with Crippen molar-refractivity contribution in [1.29, 1.82) is 0 Å². The summed E-state index contributed by atoms with van der Waals surface area (Å²) in [6, 6.07) is 4.77. The van der Waals surface area contributed by atoms with Crippen LogP contribution < -0.4 is 0 Å². The number of aromatic nitrogens is 1. The molecule has 2 rings (SSSR count). The Balaban J connectivity index is 2.58. The summed E-state index contributed by atoms with van der Waals surface area (Å²) in [7, 11) is 1.33. The van der Waals surface area contributed by atoms with E-state index in [0.29, 0.717) is 10.9 Å². The van der Waals surface area contributed by atoms with Gasteiger partial charge in [-0.15, -0.1) is 0 Å². The molecule has 2 aromatic rings. The van der Waals surface area contributed by atoms with Crippen molar-refractivity contribution in [1.82, 2.24) is 4.98 Å². The Kier molecular flexibility index (Phi) is 2.44. The number of rotatable bonds is 2. The number of nitrogens with one attached hydrogen (secondary N) is 1. The van der Waals surface area contributed by atoms with Crippen LogP contribution in [0.4, 0.5) is 4.39 Å². The van der Waals surface area contributed by atoms with Crippen molar-refractivity contribution in [2.45, 2.75) is 5.75 Å². The first-order chi connectivity index (χ1) is 6.97. The van der Waals surface area contributed by atoms with Gasteiger partial charge in [-0.2, -0.15) is 0 Å². The molecule has 0 aliphatic rings. The highest BCUT2D eigenvalue weighted by molar-refractivity contribution is 8.13. The van der Waals surface area contributed by atoms with Gasteiger partial charge in [0.1, 0.15) is 0 Å². The zero-order chi connectivity index (χ0) is 11.1. The van der Waals surface area contributed by atoms with E-state index in [9.17, 15) is 12.8 Å². The smallest absolute Gasteiger partial charge is 0.236 e. The standard InChI is InChI=1S/C9H7ClFNO2S/c10-15(13,14)5-7-2-1-6-3-4-12-9(6)8(7)11/h1-4,12H,5H2. The maximum absolute atomic E-state index is 13.7. The van der Waals surface area contributed by atoms with Crippen molar-refractivity contribution in [3.8, 4) is 0 Å². The van der Waals surface area contributed by atoms with Gasteiger partial charge in [0.05, 0.1) is 11.3 Å². The molecule has 0 radical (unpaired) electrons. The Labute approximate surface area is 90.3 Å². The van der Waals surface area contributed by atoms with Gasteiger partial charge in [0.15, 0.2) is 5.82 Å². The summed E-state index contributed by atoms with van der Waals surface area (Å²) in [5, 5.41) is 0.697. The van der Waals surface area contributed by atoms with E-state index in [0.717, 1.165) is 0 Å². The summed E-state index contributed by atoms with van der Waals surface area (Å²) in [5.74, 6) is -1.07. The molecule has 1 aromatic carbocycles. The fourth-order valence-corrected chi connectivity index (χ4v) is 2.38. The third-order valence-electron chi connectivity index (χ3n) is 2.07. The second kappa shape index (κ2) is 3.50. The van der Waals surface area contributed by atoms with E-state index in [1.165, 1.54) is 6.07 Å². The zero-order valence-electron chi connectivity index (χ0n) is 7.50. The molecule has 0 saturated carbocycles. The molecule has 0 aliphatic heterocycles. The van der Waals surface area contributed by atoms with Gasteiger partial charge in [-0.25, -0.2) is 12.8 Å². The normalized spacial score (nSPS) is 12.1. The fraction of sp³-hybridized carbons (Fsp3) is 0.111. The number of aromatic amines is 1. The Morgan fingerprint density at radius 1 is 1.33 bits per heavy atom. The molecular weight excluding hydrogens is 241 g/mol. The monoisotopic (exact) mass is 247 g/mol. The molecule has 0 unspecified atom stereocenters. The maximum Gasteiger partial charge on any atom is 0.236 e. The molecule has 0 spiro atoms. The van der Waals surface area contributed by atoms with E-state index in [1.807, 2.05) is 0 Å². The largest absolute Gasteiger partial charge is 0.359 e. The van der Waals surface area contributed by atoms with Crippen LogP contribution >= 0.6 is 10.7 Å². The van der Waals surface area contributed by atoms with E-state index in [-0.39, 0.29) is 5.56 Å². The average Bonchev–Trinajstić information content (AvgIpc) is 2.56. The summed E-state index contributed by atoms with van der Waals surface area (Å²) in [6.45, 7) is 0. The first kappa shape index (κ1) is 10.4. The minimum Gasteiger partial charge on any atom is -0.359 e. The summed E-state index contributed by atoms with van der Waals surface area (Å²) < 4.78 is 35.3. The van der Waals surface area contributed by atoms with Crippen LogP contribution in [-0.4, -0.2) is 13.4 Å². The summed E-state index contributed by atoms with van der Waals surface area (Å²) in [6.07, 6.45) is 1.59.